The largest absolute Gasteiger partial charge is 0.508 e. The van der Waals surface area contributed by atoms with Crippen LogP contribution in [0.2, 0.25) is 5.02 Å². The van der Waals surface area contributed by atoms with Crippen molar-refractivity contribution in [3.05, 3.63) is 58.4 Å². The third-order valence-corrected chi connectivity index (χ3v) is 2.98. The minimum atomic E-state index is -0.418. The molecule has 0 aliphatic carbocycles. The molecule has 0 bridgehead atoms. The van der Waals surface area contributed by atoms with Crippen LogP contribution in [-0.4, -0.2) is 5.11 Å². The zero-order valence-electron chi connectivity index (χ0n) is 9.87. The Balaban J connectivity index is 2.09. The van der Waals surface area contributed by atoms with Crippen LogP contribution in [0.3, 0.4) is 0 Å². The Hall–Kier alpha value is -1.74. The lowest BCUT2D eigenvalue weighted by atomic mass is 10.1. The van der Waals surface area contributed by atoms with Gasteiger partial charge in [0.2, 0.25) is 0 Å². The molecule has 94 valence electrons. The molecule has 0 saturated carbocycles. The lowest BCUT2D eigenvalue weighted by Crippen LogP contribution is -2.01. The van der Waals surface area contributed by atoms with Gasteiger partial charge in [-0.1, -0.05) is 17.7 Å². The molecule has 4 heteroatoms. The number of aryl methyl sites for hydroxylation is 1. The van der Waals surface area contributed by atoms with Gasteiger partial charge < -0.3 is 10.4 Å². The Morgan fingerprint density at radius 2 is 2.00 bits per heavy atom. The van der Waals surface area contributed by atoms with Gasteiger partial charge in [-0.05, 0) is 48.4 Å². The monoisotopic (exact) mass is 265 g/mol. The van der Waals surface area contributed by atoms with Gasteiger partial charge in [-0.3, -0.25) is 0 Å². The van der Waals surface area contributed by atoms with Gasteiger partial charge in [-0.15, -0.1) is 0 Å². The highest BCUT2D eigenvalue weighted by Gasteiger charge is 2.02. The van der Waals surface area contributed by atoms with E-state index in [1.54, 1.807) is 24.3 Å². The smallest absolute Gasteiger partial charge is 0.142 e. The van der Waals surface area contributed by atoms with E-state index in [2.05, 4.69) is 5.32 Å². The number of phenols is 1. The number of phenolic OH excluding ortho intramolecular Hbond substituents is 1. The highest BCUT2D eigenvalue weighted by atomic mass is 35.5. The fraction of sp³-hybridized carbons (Fsp3) is 0.143. The maximum atomic E-state index is 13.2. The Kier molecular flexibility index (Phi) is 3.72. The highest BCUT2D eigenvalue weighted by Crippen LogP contribution is 2.21. The van der Waals surface area contributed by atoms with Crippen molar-refractivity contribution in [2.24, 2.45) is 0 Å². The molecule has 2 rings (SSSR count). The lowest BCUT2D eigenvalue weighted by Gasteiger charge is -2.10. The van der Waals surface area contributed by atoms with Gasteiger partial charge in [0, 0.05) is 12.2 Å². The highest BCUT2D eigenvalue weighted by molar-refractivity contribution is 6.30. The summed E-state index contributed by atoms with van der Waals surface area (Å²) < 4.78 is 13.2. The predicted molar refractivity (Wildman–Crippen MR) is 71.6 cm³/mol. The Morgan fingerprint density at radius 3 is 2.67 bits per heavy atom. The number of benzene rings is 2. The second-order valence-corrected chi connectivity index (χ2v) is 4.51. The summed E-state index contributed by atoms with van der Waals surface area (Å²) in [5.41, 5.74) is 2.65. The van der Waals surface area contributed by atoms with Crippen molar-refractivity contribution in [1.82, 2.24) is 0 Å². The van der Waals surface area contributed by atoms with Crippen molar-refractivity contribution in [3.63, 3.8) is 0 Å². The van der Waals surface area contributed by atoms with Crippen LogP contribution in [0.5, 0.6) is 5.75 Å². The van der Waals surface area contributed by atoms with Gasteiger partial charge >= 0.3 is 0 Å². The fourth-order valence-electron chi connectivity index (χ4n) is 1.69. The zero-order chi connectivity index (χ0) is 13.1. The molecule has 0 aliphatic rings. The molecule has 18 heavy (non-hydrogen) atoms. The first kappa shape index (κ1) is 12.7. The standard InChI is InChI=1S/C14H13ClFNO/c1-9-6-11(18)3-5-14(9)17-8-10-2-4-12(15)13(16)7-10/h2-7,17-18H,8H2,1H3. The molecular formula is C14H13ClFNO. The van der Waals surface area contributed by atoms with E-state index in [0.29, 0.717) is 6.54 Å². The molecule has 0 spiro atoms. The molecule has 2 aromatic rings. The van der Waals surface area contributed by atoms with Crippen LogP contribution in [0.25, 0.3) is 0 Å². The van der Waals surface area contributed by atoms with E-state index in [-0.39, 0.29) is 10.8 Å². The molecule has 2 aromatic carbocycles. The van der Waals surface area contributed by atoms with Crippen LogP contribution in [0.1, 0.15) is 11.1 Å². The number of anilines is 1. The molecule has 2 nitrogen and oxygen atoms in total. The van der Waals surface area contributed by atoms with Crippen LogP contribution in [0.4, 0.5) is 10.1 Å². The zero-order valence-corrected chi connectivity index (χ0v) is 10.6. The van der Waals surface area contributed by atoms with Gasteiger partial charge in [-0.25, -0.2) is 4.39 Å². The van der Waals surface area contributed by atoms with Crippen LogP contribution in [0, 0.1) is 12.7 Å². The molecule has 0 aromatic heterocycles. The lowest BCUT2D eigenvalue weighted by molar-refractivity contribution is 0.475. The van der Waals surface area contributed by atoms with E-state index < -0.39 is 5.82 Å². The number of hydrogen-bond acceptors (Lipinski definition) is 2. The molecule has 0 aliphatic heterocycles. The van der Waals surface area contributed by atoms with Crippen molar-refractivity contribution >= 4 is 17.3 Å². The maximum Gasteiger partial charge on any atom is 0.142 e. The molecule has 2 N–H and O–H groups in total. The van der Waals surface area contributed by atoms with Gasteiger partial charge in [0.15, 0.2) is 0 Å². The molecule has 0 atom stereocenters. The topological polar surface area (TPSA) is 32.3 Å². The number of rotatable bonds is 3. The van der Waals surface area contributed by atoms with Gasteiger partial charge in [0.25, 0.3) is 0 Å². The molecule has 0 radical (unpaired) electrons. The molecule has 0 amide bonds. The third kappa shape index (κ3) is 2.93. The number of hydrogen-bond donors (Lipinski definition) is 2. The summed E-state index contributed by atoms with van der Waals surface area (Å²) in [5.74, 6) is -0.186. The summed E-state index contributed by atoms with van der Waals surface area (Å²) >= 11 is 5.62. The minimum Gasteiger partial charge on any atom is -0.508 e. The Bertz CT molecular complexity index is 572. The van der Waals surface area contributed by atoms with E-state index >= 15 is 0 Å². The third-order valence-electron chi connectivity index (χ3n) is 2.68. The van der Waals surface area contributed by atoms with Gasteiger partial charge in [0.05, 0.1) is 5.02 Å². The van der Waals surface area contributed by atoms with Crippen LogP contribution in [-0.2, 0) is 6.54 Å². The second-order valence-electron chi connectivity index (χ2n) is 4.10. The molecule has 0 fully saturated rings. The van der Waals surface area contributed by atoms with Crippen LogP contribution in [0.15, 0.2) is 36.4 Å². The molecule has 0 unspecified atom stereocenters. The summed E-state index contributed by atoms with van der Waals surface area (Å²) in [6.07, 6.45) is 0. The van der Waals surface area contributed by atoms with Gasteiger partial charge in [-0.2, -0.15) is 0 Å². The van der Waals surface area contributed by atoms with Crippen molar-refractivity contribution in [2.45, 2.75) is 13.5 Å². The first-order chi connectivity index (χ1) is 8.56. The first-order valence-corrected chi connectivity index (χ1v) is 5.91. The number of halogens is 2. The van der Waals surface area contributed by atoms with Crippen molar-refractivity contribution in [3.8, 4) is 5.75 Å². The van der Waals surface area contributed by atoms with E-state index in [9.17, 15) is 9.50 Å². The number of aromatic hydroxyl groups is 1. The Morgan fingerprint density at radius 1 is 1.22 bits per heavy atom. The van der Waals surface area contributed by atoms with Crippen molar-refractivity contribution in [1.29, 1.82) is 0 Å². The van der Waals surface area contributed by atoms with E-state index in [1.807, 2.05) is 6.92 Å². The normalized spacial score (nSPS) is 10.4. The first-order valence-electron chi connectivity index (χ1n) is 5.53. The van der Waals surface area contributed by atoms with Gasteiger partial charge in [0.1, 0.15) is 11.6 Å². The minimum absolute atomic E-state index is 0.125. The quantitative estimate of drug-likeness (QED) is 0.819. The van der Waals surface area contributed by atoms with Crippen molar-refractivity contribution in [2.75, 3.05) is 5.32 Å². The summed E-state index contributed by atoms with van der Waals surface area (Å²) in [5, 5.41) is 12.6. The van der Waals surface area contributed by atoms with E-state index in [0.717, 1.165) is 16.8 Å². The fourth-order valence-corrected chi connectivity index (χ4v) is 1.81. The summed E-state index contributed by atoms with van der Waals surface area (Å²) in [6.45, 7) is 2.39. The SMILES string of the molecule is Cc1cc(O)ccc1NCc1ccc(Cl)c(F)c1. The van der Waals surface area contributed by atoms with E-state index in [4.69, 9.17) is 11.6 Å². The molecule has 0 heterocycles. The maximum absolute atomic E-state index is 13.2. The van der Waals surface area contributed by atoms with Crippen LogP contribution >= 0.6 is 11.6 Å². The molecular weight excluding hydrogens is 253 g/mol. The van der Waals surface area contributed by atoms with E-state index in [1.165, 1.54) is 12.1 Å². The number of nitrogens with one attached hydrogen (secondary N) is 1. The molecule has 0 saturated heterocycles. The second kappa shape index (κ2) is 5.27. The summed E-state index contributed by atoms with van der Waals surface area (Å²) in [7, 11) is 0. The predicted octanol–water partition coefficient (Wildman–Crippen LogP) is 4.11. The average Bonchev–Trinajstić information content (AvgIpc) is 2.32. The average molecular weight is 266 g/mol. The Labute approximate surface area is 110 Å². The summed E-state index contributed by atoms with van der Waals surface area (Å²) in [6, 6.07) is 9.79. The van der Waals surface area contributed by atoms with Crippen molar-refractivity contribution < 1.29 is 9.50 Å². The summed E-state index contributed by atoms with van der Waals surface area (Å²) in [4.78, 5) is 0. The van der Waals surface area contributed by atoms with Crippen LogP contribution < -0.4 is 5.32 Å².